The van der Waals surface area contributed by atoms with Crippen LogP contribution in [0.25, 0.3) is 4.96 Å². The molecule has 0 radical (unpaired) electrons. The minimum atomic E-state index is 0.238. The van der Waals surface area contributed by atoms with Crippen molar-refractivity contribution >= 4 is 48.2 Å². The first-order valence-corrected chi connectivity index (χ1v) is 8.67. The molecule has 2 aromatic heterocycles. The number of nitrogens with zero attached hydrogens (tertiary/aromatic N) is 2. The summed E-state index contributed by atoms with van der Waals surface area (Å²) in [5, 5.41) is 5.42. The summed E-state index contributed by atoms with van der Waals surface area (Å²) < 4.78 is 4.25. The Balaban J connectivity index is 1.88. The summed E-state index contributed by atoms with van der Waals surface area (Å²) in [7, 11) is 1.98. The Labute approximate surface area is 138 Å². The number of nitrogens with one attached hydrogen (secondary N) is 1. The summed E-state index contributed by atoms with van der Waals surface area (Å²) in [6.45, 7) is 0. The van der Waals surface area contributed by atoms with E-state index in [9.17, 15) is 0 Å². The van der Waals surface area contributed by atoms with Gasteiger partial charge in [0.05, 0.1) is 5.69 Å². The minimum Gasteiger partial charge on any atom is -0.313 e. The smallest absolute Gasteiger partial charge is 0.193 e. The lowest BCUT2D eigenvalue weighted by Crippen LogP contribution is -2.19. The number of likely N-dealkylation sites (N-methyl/N-ethyl adjacent to an activating group) is 1. The summed E-state index contributed by atoms with van der Waals surface area (Å²) >= 11 is 8.78. The normalized spacial score (nSPS) is 12.9. The van der Waals surface area contributed by atoms with Crippen molar-refractivity contribution in [2.75, 3.05) is 7.05 Å². The van der Waals surface area contributed by atoms with Gasteiger partial charge in [0.15, 0.2) is 4.96 Å². The van der Waals surface area contributed by atoms with Gasteiger partial charge in [0.2, 0.25) is 0 Å². The van der Waals surface area contributed by atoms with Crippen LogP contribution in [-0.2, 0) is 6.42 Å². The van der Waals surface area contributed by atoms with Crippen LogP contribution in [0.5, 0.6) is 0 Å². The van der Waals surface area contributed by atoms with E-state index in [1.807, 2.05) is 18.6 Å². The topological polar surface area (TPSA) is 29.3 Å². The molecule has 0 fully saturated rings. The number of fused-ring (bicyclic) bond motifs is 1. The van der Waals surface area contributed by atoms with Crippen LogP contribution in [0.4, 0.5) is 0 Å². The van der Waals surface area contributed by atoms with Crippen molar-refractivity contribution in [2.24, 2.45) is 0 Å². The second-order valence-electron chi connectivity index (χ2n) is 4.54. The van der Waals surface area contributed by atoms with Crippen LogP contribution in [0.2, 0.25) is 0 Å². The molecule has 20 heavy (non-hydrogen) atoms. The number of hydrogen-bond donors (Lipinski definition) is 1. The van der Waals surface area contributed by atoms with Crippen LogP contribution < -0.4 is 5.32 Å². The highest BCUT2D eigenvalue weighted by Crippen LogP contribution is 2.29. The Morgan fingerprint density at radius 3 is 2.95 bits per heavy atom. The van der Waals surface area contributed by atoms with Gasteiger partial charge in [0.25, 0.3) is 0 Å². The standard InChI is InChI=1S/C14H13Br2N3S/c1-17-13(11-3-2-9(15)6-12(11)16)7-10-8-19-4-5-20-14(19)18-10/h2-6,8,13,17H,7H2,1H3. The number of hydrogen-bond acceptors (Lipinski definition) is 3. The number of thiazole rings is 1. The second kappa shape index (κ2) is 5.97. The first-order chi connectivity index (χ1) is 9.67. The van der Waals surface area contributed by atoms with E-state index in [4.69, 9.17) is 0 Å². The predicted molar refractivity (Wildman–Crippen MR) is 90.4 cm³/mol. The highest BCUT2D eigenvalue weighted by atomic mass is 79.9. The highest BCUT2D eigenvalue weighted by molar-refractivity contribution is 9.11. The maximum atomic E-state index is 4.65. The summed E-state index contributed by atoms with van der Waals surface area (Å²) in [6.07, 6.45) is 5.01. The molecule has 0 aliphatic heterocycles. The molecule has 3 aromatic rings. The third kappa shape index (κ3) is 2.83. The van der Waals surface area contributed by atoms with E-state index in [0.717, 1.165) is 26.0 Å². The van der Waals surface area contributed by atoms with Crippen molar-refractivity contribution in [3.8, 4) is 0 Å². The third-order valence-corrected chi connectivity index (χ3v) is 5.19. The van der Waals surface area contributed by atoms with Crippen LogP contribution in [0.1, 0.15) is 17.3 Å². The Morgan fingerprint density at radius 2 is 2.25 bits per heavy atom. The van der Waals surface area contributed by atoms with E-state index in [1.54, 1.807) is 11.3 Å². The molecule has 0 aliphatic rings. The number of halogens is 2. The zero-order chi connectivity index (χ0) is 14.1. The monoisotopic (exact) mass is 413 g/mol. The molecule has 1 atom stereocenters. The largest absolute Gasteiger partial charge is 0.313 e. The first-order valence-electron chi connectivity index (χ1n) is 6.20. The van der Waals surface area contributed by atoms with Crippen LogP contribution in [-0.4, -0.2) is 16.4 Å². The zero-order valence-corrected chi connectivity index (χ0v) is 14.8. The Morgan fingerprint density at radius 1 is 1.40 bits per heavy atom. The van der Waals surface area contributed by atoms with Crippen molar-refractivity contribution in [2.45, 2.75) is 12.5 Å². The molecular weight excluding hydrogens is 402 g/mol. The maximum absolute atomic E-state index is 4.65. The molecular formula is C14H13Br2N3S. The molecule has 2 heterocycles. The fourth-order valence-electron chi connectivity index (χ4n) is 2.24. The maximum Gasteiger partial charge on any atom is 0.193 e. The number of aromatic nitrogens is 2. The van der Waals surface area contributed by atoms with Crippen molar-refractivity contribution in [3.05, 3.63) is 56.2 Å². The quantitative estimate of drug-likeness (QED) is 0.684. The van der Waals surface area contributed by atoms with E-state index in [2.05, 4.69) is 71.0 Å². The first kappa shape index (κ1) is 14.3. The fraction of sp³-hybridized carbons (Fsp3) is 0.214. The Kier molecular flexibility index (Phi) is 4.26. The van der Waals surface area contributed by atoms with E-state index < -0.39 is 0 Å². The lowest BCUT2D eigenvalue weighted by molar-refractivity contribution is 0.583. The number of rotatable bonds is 4. The van der Waals surface area contributed by atoms with E-state index >= 15 is 0 Å². The van der Waals surface area contributed by atoms with Crippen molar-refractivity contribution in [1.29, 1.82) is 0 Å². The molecule has 6 heteroatoms. The zero-order valence-electron chi connectivity index (χ0n) is 10.8. The Hall–Kier alpha value is -0.690. The lowest BCUT2D eigenvalue weighted by Gasteiger charge is -2.17. The van der Waals surface area contributed by atoms with Crippen LogP contribution in [0.3, 0.4) is 0 Å². The molecule has 0 bridgehead atoms. The molecule has 3 nitrogen and oxygen atoms in total. The average Bonchev–Trinajstić information content (AvgIpc) is 2.97. The molecule has 1 N–H and O–H groups in total. The molecule has 0 amide bonds. The molecule has 1 unspecified atom stereocenters. The van der Waals surface area contributed by atoms with E-state index in [0.29, 0.717) is 0 Å². The van der Waals surface area contributed by atoms with E-state index in [-0.39, 0.29) is 6.04 Å². The van der Waals surface area contributed by atoms with Gasteiger partial charge in [-0.15, -0.1) is 11.3 Å². The fourth-order valence-corrected chi connectivity index (χ4v) is 4.28. The minimum absolute atomic E-state index is 0.238. The summed E-state index contributed by atoms with van der Waals surface area (Å²) in [4.78, 5) is 5.70. The van der Waals surface area contributed by atoms with Gasteiger partial charge in [-0.25, -0.2) is 4.98 Å². The van der Waals surface area contributed by atoms with E-state index in [1.165, 1.54) is 5.56 Å². The number of imidazole rings is 1. The van der Waals surface area contributed by atoms with Gasteiger partial charge in [-0.2, -0.15) is 0 Å². The van der Waals surface area contributed by atoms with Crippen molar-refractivity contribution < 1.29 is 0 Å². The van der Waals surface area contributed by atoms with Gasteiger partial charge in [0.1, 0.15) is 0 Å². The Bertz CT molecular complexity index is 706. The van der Waals surface area contributed by atoms with Crippen molar-refractivity contribution in [1.82, 2.24) is 14.7 Å². The van der Waals surface area contributed by atoms with Crippen LogP contribution in [0.15, 0.2) is 44.9 Å². The molecule has 0 spiro atoms. The summed E-state index contributed by atoms with van der Waals surface area (Å²) in [6, 6.07) is 6.51. The van der Waals surface area contributed by atoms with Gasteiger partial charge < -0.3 is 5.32 Å². The molecule has 104 valence electrons. The van der Waals surface area contributed by atoms with Crippen molar-refractivity contribution in [3.63, 3.8) is 0 Å². The van der Waals surface area contributed by atoms with Gasteiger partial charge >= 0.3 is 0 Å². The molecule has 3 rings (SSSR count). The van der Waals surface area contributed by atoms with Gasteiger partial charge in [-0.1, -0.05) is 37.9 Å². The van der Waals surface area contributed by atoms with Crippen LogP contribution in [0, 0.1) is 0 Å². The second-order valence-corrected chi connectivity index (χ2v) is 7.18. The molecule has 0 saturated carbocycles. The molecule has 0 saturated heterocycles. The van der Waals surface area contributed by atoms with Crippen LogP contribution >= 0.6 is 43.2 Å². The lowest BCUT2D eigenvalue weighted by atomic mass is 10.0. The average molecular weight is 415 g/mol. The number of benzene rings is 1. The summed E-state index contributed by atoms with van der Waals surface area (Å²) in [5.41, 5.74) is 2.35. The van der Waals surface area contributed by atoms with Gasteiger partial charge in [0, 0.05) is 39.2 Å². The molecule has 1 aromatic carbocycles. The summed E-state index contributed by atoms with van der Waals surface area (Å²) in [5.74, 6) is 0. The predicted octanol–water partition coefficient (Wildman–Crippen LogP) is 4.42. The SMILES string of the molecule is CNC(Cc1cn2ccsc2n1)c1ccc(Br)cc1Br. The van der Waals surface area contributed by atoms with Gasteiger partial charge in [-0.05, 0) is 24.7 Å². The van der Waals surface area contributed by atoms with Gasteiger partial charge in [-0.3, -0.25) is 4.40 Å². The highest BCUT2D eigenvalue weighted by Gasteiger charge is 2.15. The third-order valence-electron chi connectivity index (χ3n) is 3.24. The molecule has 0 aliphatic carbocycles.